The second kappa shape index (κ2) is 3.38. The highest BCUT2D eigenvalue weighted by Crippen LogP contribution is 2.19. The van der Waals surface area contributed by atoms with Crippen LogP contribution in [0.5, 0.6) is 0 Å². The zero-order valence-corrected chi connectivity index (χ0v) is 8.84. The van der Waals surface area contributed by atoms with Crippen molar-refractivity contribution in [3.05, 3.63) is 40.1 Å². The molecule has 3 nitrogen and oxygen atoms in total. The minimum Gasteiger partial charge on any atom is -0.331 e. The second-order valence-electron chi connectivity index (χ2n) is 3.15. The van der Waals surface area contributed by atoms with Gasteiger partial charge in [-0.15, -0.1) is 11.3 Å². The minimum absolute atomic E-state index is 0.0532. The molecule has 0 spiro atoms. The van der Waals surface area contributed by atoms with E-state index in [0.717, 1.165) is 10.4 Å². The van der Waals surface area contributed by atoms with E-state index >= 15 is 0 Å². The number of thiophene rings is 1. The van der Waals surface area contributed by atoms with Gasteiger partial charge >= 0.3 is 0 Å². The summed E-state index contributed by atoms with van der Waals surface area (Å²) < 4.78 is 1.74. The van der Waals surface area contributed by atoms with Crippen molar-refractivity contribution in [2.75, 3.05) is 0 Å². The molecule has 4 heteroatoms. The maximum Gasteiger partial charge on any atom is 0.221 e. The Hall–Kier alpha value is -1.42. The van der Waals surface area contributed by atoms with E-state index in [1.165, 1.54) is 11.3 Å². The van der Waals surface area contributed by atoms with Crippen molar-refractivity contribution in [2.24, 2.45) is 7.05 Å². The van der Waals surface area contributed by atoms with Crippen LogP contribution in [0.4, 0.5) is 0 Å². The number of ketones is 1. The summed E-state index contributed by atoms with van der Waals surface area (Å²) in [4.78, 5) is 16.7. The van der Waals surface area contributed by atoms with Gasteiger partial charge in [-0.25, -0.2) is 4.98 Å². The predicted octanol–water partition coefficient (Wildman–Crippen LogP) is 2.02. The Balaban J connectivity index is 2.44. The molecule has 0 aliphatic rings. The molecule has 0 saturated carbocycles. The fourth-order valence-corrected chi connectivity index (χ4v) is 2.17. The third kappa shape index (κ3) is 1.37. The molecule has 0 radical (unpaired) electrons. The quantitative estimate of drug-likeness (QED) is 0.705. The topological polar surface area (TPSA) is 34.9 Å². The molecule has 0 fully saturated rings. The molecule has 2 aromatic rings. The molecule has 0 saturated heterocycles. The van der Waals surface area contributed by atoms with Gasteiger partial charge in [-0.3, -0.25) is 4.79 Å². The molecule has 2 rings (SSSR count). The lowest BCUT2D eigenvalue weighted by Gasteiger charge is -1.99. The molecule has 72 valence electrons. The van der Waals surface area contributed by atoms with Crippen LogP contribution in [0, 0.1) is 6.92 Å². The highest BCUT2D eigenvalue weighted by Gasteiger charge is 2.15. The first-order chi connectivity index (χ1) is 6.70. The van der Waals surface area contributed by atoms with Crippen LogP contribution in [0.3, 0.4) is 0 Å². The standard InChI is InChI=1S/C10H10N2OS/c1-7-3-4-14-10(7)9(13)8-5-11-6-12(8)2/h3-6H,1-2H3. The van der Waals surface area contributed by atoms with E-state index < -0.39 is 0 Å². The number of aryl methyl sites for hydroxylation is 2. The van der Waals surface area contributed by atoms with Gasteiger partial charge in [0.05, 0.1) is 17.4 Å². The monoisotopic (exact) mass is 206 g/mol. The summed E-state index contributed by atoms with van der Waals surface area (Å²) in [5.74, 6) is 0.0532. The third-order valence-electron chi connectivity index (χ3n) is 2.12. The van der Waals surface area contributed by atoms with Crippen molar-refractivity contribution in [3.8, 4) is 0 Å². The Morgan fingerprint density at radius 3 is 2.86 bits per heavy atom. The molecule has 0 atom stereocenters. The van der Waals surface area contributed by atoms with Gasteiger partial charge in [-0.2, -0.15) is 0 Å². The summed E-state index contributed by atoms with van der Waals surface area (Å²) in [6, 6.07) is 1.95. The number of carbonyl (C=O) groups is 1. The van der Waals surface area contributed by atoms with Crippen molar-refractivity contribution in [3.63, 3.8) is 0 Å². The molecular formula is C10H10N2OS. The molecule has 0 aromatic carbocycles. The van der Waals surface area contributed by atoms with E-state index in [0.29, 0.717) is 5.69 Å². The maximum absolute atomic E-state index is 12.0. The first-order valence-corrected chi connectivity index (χ1v) is 5.13. The van der Waals surface area contributed by atoms with Crippen LogP contribution in [-0.2, 0) is 7.05 Å². The molecule has 0 bridgehead atoms. The van der Waals surface area contributed by atoms with Crippen molar-refractivity contribution in [1.82, 2.24) is 9.55 Å². The zero-order chi connectivity index (χ0) is 10.1. The highest BCUT2D eigenvalue weighted by molar-refractivity contribution is 7.12. The zero-order valence-electron chi connectivity index (χ0n) is 8.02. The van der Waals surface area contributed by atoms with E-state index in [4.69, 9.17) is 0 Å². The fraction of sp³-hybridized carbons (Fsp3) is 0.200. The van der Waals surface area contributed by atoms with Gasteiger partial charge in [-0.05, 0) is 23.9 Å². The Bertz CT molecular complexity index is 428. The van der Waals surface area contributed by atoms with Crippen molar-refractivity contribution in [2.45, 2.75) is 6.92 Å². The van der Waals surface area contributed by atoms with Gasteiger partial charge in [0, 0.05) is 7.05 Å². The molecule has 14 heavy (non-hydrogen) atoms. The molecule has 2 heterocycles. The summed E-state index contributed by atoms with van der Waals surface area (Å²) in [6.07, 6.45) is 3.23. The van der Waals surface area contributed by atoms with E-state index in [9.17, 15) is 4.79 Å². The average molecular weight is 206 g/mol. The third-order valence-corrected chi connectivity index (χ3v) is 3.13. The second-order valence-corrected chi connectivity index (χ2v) is 4.07. The van der Waals surface area contributed by atoms with Crippen molar-refractivity contribution >= 4 is 17.1 Å². The number of hydrogen-bond acceptors (Lipinski definition) is 3. The lowest BCUT2D eigenvalue weighted by Crippen LogP contribution is -2.05. The molecule has 2 aromatic heterocycles. The van der Waals surface area contributed by atoms with Gasteiger partial charge < -0.3 is 4.57 Å². The Kier molecular flexibility index (Phi) is 2.21. The van der Waals surface area contributed by atoms with Crippen molar-refractivity contribution < 1.29 is 4.79 Å². The molecule has 0 aliphatic carbocycles. The van der Waals surface area contributed by atoms with Crippen LogP contribution in [0.2, 0.25) is 0 Å². The summed E-state index contributed by atoms with van der Waals surface area (Å²) >= 11 is 1.47. The van der Waals surface area contributed by atoms with Gasteiger partial charge in [0.1, 0.15) is 5.69 Å². The SMILES string of the molecule is Cc1ccsc1C(=O)c1cncn1C. The molecular weight excluding hydrogens is 196 g/mol. The fourth-order valence-electron chi connectivity index (χ4n) is 1.30. The van der Waals surface area contributed by atoms with E-state index in [2.05, 4.69) is 4.98 Å². The van der Waals surface area contributed by atoms with E-state index in [1.807, 2.05) is 25.4 Å². The van der Waals surface area contributed by atoms with Gasteiger partial charge in [0.25, 0.3) is 0 Å². The van der Waals surface area contributed by atoms with Crippen LogP contribution in [0.25, 0.3) is 0 Å². The van der Waals surface area contributed by atoms with Gasteiger partial charge in [0.15, 0.2) is 0 Å². The molecule has 0 amide bonds. The molecule has 0 aliphatic heterocycles. The van der Waals surface area contributed by atoms with Crippen LogP contribution >= 0.6 is 11.3 Å². The predicted molar refractivity (Wildman–Crippen MR) is 55.7 cm³/mol. The lowest BCUT2D eigenvalue weighted by atomic mass is 10.2. The maximum atomic E-state index is 12.0. The van der Waals surface area contributed by atoms with Crippen LogP contribution in [-0.4, -0.2) is 15.3 Å². The summed E-state index contributed by atoms with van der Waals surface area (Å²) in [6.45, 7) is 1.94. The number of imidazole rings is 1. The summed E-state index contributed by atoms with van der Waals surface area (Å²) in [5, 5.41) is 1.93. The van der Waals surface area contributed by atoms with Crippen LogP contribution in [0.15, 0.2) is 24.0 Å². The largest absolute Gasteiger partial charge is 0.331 e. The summed E-state index contributed by atoms with van der Waals surface area (Å²) in [7, 11) is 1.82. The average Bonchev–Trinajstić information content (AvgIpc) is 2.73. The molecule has 0 unspecified atom stereocenters. The highest BCUT2D eigenvalue weighted by atomic mass is 32.1. The number of carbonyl (C=O) groups excluding carboxylic acids is 1. The Labute approximate surface area is 86.0 Å². The number of hydrogen-bond donors (Lipinski definition) is 0. The van der Waals surface area contributed by atoms with Gasteiger partial charge in [-0.1, -0.05) is 0 Å². The Morgan fingerprint density at radius 1 is 1.57 bits per heavy atom. The molecule has 0 N–H and O–H groups in total. The number of aromatic nitrogens is 2. The first-order valence-electron chi connectivity index (χ1n) is 4.25. The van der Waals surface area contributed by atoms with Crippen LogP contribution < -0.4 is 0 Å². The summed E-state index contributed by atoms with van der Waals surface area (Å²) in [5.41, 5.74) is 1.66. The van der Waals surface area contributed by atoms with E-state index in [1.54, 1.807) is 17.1 Å². The minimum atomic E-state index is 0.0532. The first kappa shape index (κ1) is 9.15. The Morgan fingerprint density at radius 2 is 2.36 bits per heavy atom. The number of nitrogens with zero attached hydrogens (tertiary/aromatic N) is 2. The van der Waals surface area contributed by atoms with Gasteiger partial charge in [0.2, 0.25) is 5.78 Å². The van der Waals surface area contributed by atoms with Crippen molar-refractivity contribution in [1.29, 1.82) is 0 Å². The smallest absolute Gasteiger partial charge is 0.221 e. The normalized spacial score (nSPS) is 10.4. The number of rotatable bonds is 2. The van der Waals surface area contributed by atoms with Crippen LogP contribution in [0.1, 0.15) is 20.9 Å². The van der Waals surface area contributed by atoms with E-state index in [-0.39, 0.29) is 5.78 Å². The lowest BCUT2D eigenvalue weighted by molar-refractivity contribution is 0.103.